The molecule has 1 rings (SSSR count). The van der Waals surface area contributed by atoms with Crippen molar-refractivity contribution in [1.29, 1.82) is 0 Å². The van der Waals surface area contributed by atoms with Gasteiger partial charge in [-0.25, -0.2) is 4.79 Å². The Morgan fingerprint density at radius 3 is 2.86 bits per heavy atom. The number of sulfonamides is 1. The molecule has 0 atom stereocenters. The van der Waals surface area contributed by atoms with Gasteiger partial charge in [0, 0.05) is 0 Å². The summed E-state index contributed by atoms with van der Waals surface area (Å²) < 4.78 is 22.6. The minimum absolute atomic E-state index is 0.0834. The van der Waals surface area contributed by atoms with Crippen LogP contribution in [0.1, 0.15) is 0 Å². The van der Waals surface area contributed by atoms with E-state index in [9.17, 15) is 13.2 Å². The van der Waals surface area contributed by atoms with E-state index in [1.54, 1.807) is 16.3 Å². The average molecular weight is 234 g/mol. The molecular formula is C6H6N2O4S2. The fourth-order valence-electron chi connectivity index (χ4n) is 0.612. The third-order valence-electron chi connectivity index (χ3n) is 1.11. The summed E-state index contributed by atoms with van der Waals surface area (Å²) in [5, 5.41) is 12.8. The second kappa shape index (κ2) is 4.20. The minimum Gasteiger partial charge on any atom is -0.477 e. The minimum atomic E-state index is -3.71. The Bertz CT molecular complexity index is 434. The van der Waals surface area contributed by atoms with E-state index in [0.717, 1.165) is 11.3 Å². The number of carboxylic acids is 1. The number of hydrazone groups is 1. The molecule has 0 aliphatic rings. The summed E-state index contributed by atoms with van der Waals surface area (Å²) in [4.78, 5) is 11.8. The van der Waals surface area contributed by atoms with E-state index >= 15 is 0 Å². The smallest absolute Gasteiger partial charge is 0.348 e. The first kappa shape index (κ1) is 10.7. The van der Waals surface area contributed by atoms with Gasteiger partial charge in [-0.3, -0.25) is 0 Å². The van der Waals surface area contributed by atoms with Crippen molar-refractivity contribution >= 4 is 33.5 Å². The molecule has 14 heavy (non-hydrogen) atoms. The molecule has 1 heterocycles. The lowest BCUT2D eigenvalue weighted by molar-refractivity contribution is -0.128. The van der Waals surface area contributed by atoms with Gasteiger partial charge in [-0.2, -0.15) is 18.4 Å². The second-order valence-corrected chi connectivity index (χ2v) is 4.96. The van der Waals surface area contributed by atoms with E-state index < -0.39 is 16.0 Å². The van der Waals surface area contributed by atoms with Crippen LogP contribution in [0.3, 0.4) is 0 Å². The maximum absolute atomic E-state index is 11.3. The predicted octanol–water partition coefficient (Wildman–Crippen LogP) is 0.0968. The van der Waals surface area contributed by atoms with E-state index in [1.165, 1.54) is 6.07 Å². The summed E-state index contributed by atoms with van der Waals surface area (Å²) in [6.45, 7) is 0. The highest BCUT2D eigenvalue weighted by atomic mass is 32.2. The van der Waals surface area contributed by atoms with Crippen LogP contribution in [-0.2, 0) is 14.8 Å². The highest BCUT2D eigenvalue weighted by molar-refractivity contribution is 7.91. The first-order valence-electron chi connectivity index (χ1n) is 3.33. The van der Waals surface area contributed by atoms with Gasteiger partial charge in [-0.05, 0) is 11.4 Å². The molecule has 0 saturated carbocycles. The van der Waals surface area contributed by atoms with Gasteiger partial charge in [0.1, 0.15) is 10.4 Å². The molecular weight excluding hydrogens is 228 g/mol. The van der Waals surface area contributed by atoms with Crippen molar-refractivity contribution in [2.75, 3.05) is 0 Å². The molecule has 76 valence electrons. The predicted molar refractivity (Wildman–Crippen MR) is 50.8 cm³/mol. The zero-order chi connectivity index (χ0) is 10.6. The van der Waals surface area contributed by atoms with E-state index in [4.69, 9.17) is 5.11 Å². The Labute approximate surface area is 83.9 Å². The SMILES string of the molecule is O=C(O)/C=N/NS(=O)(=O)c1cccs1. The van der Waals surface area contributed by atoms with E-state index in [0.29, 0.717) is 6.21 Å². The van der Waals surface area contributed by atoms with Gasteiger partial charge in [0.2, 0.25) is 0 Å². The fourth-order valence-corrected chi connectivity index (χ4v) is 2.39. The molecule has 0 aliphatic carbocycles. The van der Waals surface area contributed by atoms with Crippen molar-refractivity contribution in [3.63, 3.8) is 0 Å². The van der Waals surface area contributed by atoms with Gasteiger partial charge in [0.25, 0.3) is 10.0 Å². The van der Waals surface area contributed by atoms with Crippen molar-refractivity contribution in [2.45, 2.75) is 4.21 Å². The Morgan fingerprint density at radius 1 is 1.64 bits per heavy atom. The van der Waals surface area contributed by atoms with Crippen LogP contribution < -0.4 is 4.83 Å². The first-order chi connectivity index (χ1) is 6.52. The Hall–Kier alpha value is -1.41. The van der Waals surface area contributed by atoms with Crippen LogP contribution in [0, 0.1) is 0 Å². The maximum atomic E-state index is 11.3. The van der Waals surface area contributed by atoms with Gasteiger partial charge >= 0.3 is 5.97 Å². The molecule has 6 nitrogen and oxygen atoms in total. The molecule has 0 aliphatic heterocycles. The summed E-state index contributed by atoms with van der Waals surface area (Å²) in [5.74, 6) is -1.32. The Morgan fingerprint density at radius 2 is 2.36 bits per heavy atom. The van der Waals surface area contributed by atoms with Crippen LogP contribution in [0.15, 0.2) is 26.8 Å². The lowest BCUT2D eigenvalue weighted by Gasteiger charge is -1.97. The molecule has 0 radical (unpaired) electrons. The number of hydrogen-bond acceptors (Lipinski definition) is 5. The number of carbonyl (C=O) groups is 1. The Balaban J connectivity index is 2.74. The quantitative estimate of drug-likeness (QED) is 0.570. The molecule has 0 bridgehead atoms. The molecule has 1 aromatic heterocycles. The van der Waals surface area contributed by atoms with Crippen molar-refractivity contribution in [2.24, 2.45) is 5.10 Å². The molecule has 0 spiro atoms. The van der Waals surface area contributed by atoms with Crippen LogP contribution >= 0.6 is 11.3 Å². The molecule has 0 fully saturated rings. The van der Waals surface area contributed by atoms with Gasteiger partial charge in [-0.15, -0.1) is 11.3 Å². The first-order valence-corrected chi connectivity index (χ1v) is 5.70. The number of rotatable bonds is 4. The Kier molecular flexibility index (Phi) is 3.20. The topological polar surface area (TPSA) is 95.8 Å². The molecule has 0 aromatic carbocycles. The standard InChI is InChI=1S/C6H6N2O4S2/c9-5(10)4-7-8-14(11,12)6-2-1-3-13-6/h1-4,8H,(H,9,10)/b7-4+. The molecule has 8 heteroatoms. The van der Waals surface area contributed by atoms with Crippen molar-refractivity contribution in [3.05, 3.63) is 17.5 Å². The van der Waals surface area contributed by atoms with E-state index in [-0.39, 0.29) is 4.21 Å². The van der Waals surface area contributed by atoms with Gasteiger partial charge < -0.3 is 5.11 Å². The van der Waals surface area contributed by atoms with Crippen LogP contribution in [0.4, 0.5) is 0 Å². The normalized spacial score (nSPS) is 11.7. The van der Waals surface area contributed by atoms with Gasteiger partial charge in [0.05, 0.1) is 0 Å². The van der Waals surface area contributed by atoms with Crippen LogP contribution in [-0.4, -0.2) is 25.7 Å². The van der Waals surface area contributed by atoms with Crippen LogP contribution in [0.5, 0.6) is 0 Å². The lowest BCUT2D eigenvalue weighted by Crippen LogP contribution is -2.18. The van der Waals surface area contributed by atoms with Gasteiger partial charge in [-0.1, -0.05) is 6.07 Å². The number of aliphatic carboxylic acids is 1. The van der Waals surface area contributed by atoms with Crippen molar-refractivity contribution in [1.82, 2.24) is 4.83 Å². The molecule has 2 N–H and O–H groups in total. The summed E-state index contributed by atoms with van der Waals surface area (Å²) in [6, 6.07) is 2.96. The maximum Gasteiger partial charge on any atom is 0.348 e. The highest BCUT2D eigenvalue weighted by Gasteiger charge is 2.12. The monoisotopic (exact) mass is 234 g/mol. The second-order valence-electron chi connectivity index (χ2n) is 2.12. The molecule has 1 aromatic rings. The number of nitrogens with one attached hydrogen (secondary N) is 1. The largest absolute Gasteiger partial charge is 0.477 e. The molecule has 0 saturated heterocycles. The summed E-state index contributed by atoms with van der Waals surface area (Å²) in [6.07, 6.45) is 0.463. The third kappa shape index (κ3) is 2.82. The summed E-state index contributed by atoms with van der Waals surface area (Å²) in [7, 11) is -3.71. The number of nitrogens with zero attached hydrogens (tertiary/aromatic N) is 1. The molecule has 0 amide bonds. The van der Waals surface area contributed by atoms with E-state index in [2.05, 4.69) is 5.10 Å². The molecule has 0 unspecified atom stereocenters. The lowest BCUT2D eigenvalue weighted by atomic mass is 10.7. The van der Waals surface area contributed by atoms with Crippen molar-refractivity contribution in [3.8, 4) is 0 Å². The van der Waals surface area contributed by atoms with Crippen molar-refractivity contribution < 1.29 is 18.3 Å². The van der Waals surface area contributed by atoms with Gasteiger partial charge in [0.15, 0.2) is 0 Å². The number of carboxylic acid groups (broad SMARTS) is 1. The number of thiophene rings is 1. The highest BCUT2D eigenvalue weighted by Crippen LogP contribution is 2.14. The zero-order valence-corrected chi connectivity index (χ0v) is 8.38. The average Bonchev–Trinajstić information content (AvgIpc) is 2.54. The zero-order valence-electron chi connectivity index (χ0n) is 6.75. The summed E-state index contributed by atoms with van der Waals surface area (Å²) in [5.41, 5.74) is 0. The van der Waals surface area contributed by atoms with Crippen LogP contribution in [0.25, 0.3) is 0 Å². The summed E-state index contributed by atoms with van der Waals surface area (Å²) >= 11 is 1.02. The van der Waals surface area contributed by atoms with E-state index in [1.807, 2.05) is 0 Å². The van der Waals surface area contributed by atoms with Crippen LogP contribution in [0.2, 0.25) is 0 Å². The fraction of sp³-hybridized carbons (Fsp3) is 0. The third-order valence-corrected chi connectivity index (χ3v) is 3.73. The number of hydrogen-bond donors (Lipinski definition) is 2.